The van der Waals surface area contributed by atoms with E-state index in [1.165, 1.54) is 5.56 Å². The van der Waals surface area contributed by atoms with E-state index in [1.54, 1.807) is 0 Å². The Morgan fingerprint density at radius 2 is 1.69 bits per heavy atom. The minimum atomic E-state index is -0.0745. The van der Waals surface area contributed by atoms with Gasteiger partial charge < -0.3 is 10.1 Å². The molecule has 0 radical (unpaired) electrons. The third kappa shape index (κ3) is 5.17. The molecular formula is C14H23NO. The fourth-order valence-electron chi connectivity index (χ4n) is 1.33. The molecule has 0 atom stereocenters. The van der Waals surface area contributed by atoms with Crippen molar-refractivity contribution in [1.29, 1.82) is 0 Å². The van der Waals surface area contributed by atoms with Crippen LogP contribution in [0.1, 0.15) is 40.2 Å². The molecule has 0 spiro atoms. The van der Waals surface area contributed by atoms with Gasteiger partial charge in [0.05, 0.1) is 12.2 Å². The highest BCUT2D eigenvalue weighted by molar-refractivity contribution is 5.45. The van der Waals surface area contributed by atoms with E-state index in [4.69, 9.17) is 4.74 Å². The molecule has 1 aromatic rings. The van der Waals surface area contributed by atoms with E-state index in [0.29, 0.717) is 12.6 Å². The highest BCUT2D eigenvalue weighted by Gasteiger charge is 2.09. The van der Waals surface area contributed by atoms with Crippen LogP contribution in [-0.2, 0) is 11.3 Å². The maximum absolute atomic E-state index is 5.72. The van der Waals surface area contributed by atoms with Crippen molar-refractivity contribution < 1.29 is 4.74 Å². The maximum atomic E-state index is 5.72. The Hall–Kier alpha value is -1.02. The van der Waals surface area contributed by atoms with Crippen molar-refractivity contribution in [2.24, 2.45) is 0 Å². The number of nitrogens with one attached hydrogen (secondary N) is 1. The molecule has 16 heavy (non-hydrogen) atoms. The Bertz CT molecular complexity index is 309. The van der Waals surface area contributed by atoms with E-state index in [-0.39, 0.29) is 5.60 Å². The van der Waals surface area contributed by atoms with E-state index >= 15 is 0 Å². The largest absolute Gasteiger partial charge is 0.383 e. The summed E-state index contributed by atoms with van der Waals surface area (Å²) in [5.74, 6) is 0. The van der Waals surface area contributed by atoms with E-state index in [0.717, 1.165) is 5.69 Å². The molecule has 2 nitrogen and oxygen atoms in total. The van der Waals surface area contributed by atoms with Gasteiger partial charge in [0, 0.05) is 11.7 Å². The molecule has 0 aliphatic heterocycles. The monoisotopic (exact) mass is 221 g/mol. The number of anilines is 1. The van der Waals surface area contributed by atoms with Crippen LogP contribution in [0.2, 0.25) is 0 Å². The molecule has 0 amide bonds. The number of ether oxygens (including phenoxy) is 1. The molecule has 1 rings (SSSR count). The summed E-state index contributed by atoms with van der Waals surface area (Å²) in [7, 11) is 0. The molecule has 0 heterocycles. The Balaban J connectivity index is 2.51. The zero-order valence-electron chi connectivity index (χ0n) is 11.0. The van der Waals surface area contributed by atoms with Crippen LogP contribution in [0.15, 0.2) is 24.3 Å². The van der Waals surface area contributed by atoms with Crippen LogP contribution in [0.3, 0.4) is 0 Å². The molecule has 0 saturated carbocycles. The lowest BCUT2D eigenvalue weighted by Crippen LogP contribution is -2.18. The summed E-state index contributed by atoms with van der Waals surface area (Å²) in [4.78, 5) is 0. The van der Waals surface area contributed by atoms with Crippen LogP contribution in [-0.4, -0.2) is 11.6 Å². The molecule has 0 unspecified atom stereocenters. The zero-order valence-corrected chi connectivity index (χ0v) is 11.0. The molecule has 0 aliphatic rings. The molecule has 0 saturated heterocycles. The van der Waals surface area contributed by atoms with Crippen molar-refractivity contribution >= 4 is 5.69 Å². The predicted octanol–water partition coefficient (Wildman–Crippen LogP) is 3.82. The van der Waals surface area contributed by atoms with Gasteiger partial charge in [-0.2, -0.15) is 0 Å². The van der Waals surface area contributed by atoms with Gasteiger partial charge >= 0.3 is 0 Å². The van der Waals surface area contributed by atoms with Crippen molar-refractivity contribution in [2.45, 2.75) is 52.9 Å². The molecule has 1 aromatic carbocycles. The first-order valence-corrected chi connectivity index (χ1v) is 5.86. The average molecular weight is 221 g/mol. The van der Waals surface area contributed by atoms with Crippen LogP contribution in [0.5, 0.6) is 0 Å². The summed E-state index contributed by atoms with van der Waals surface area (Å²) in [6.45, 7) is 11.2. The normalized spacial score (nSPS) is 11.9. The van der Waals surface area contributed by atoms with Gasteiger partial charge in [0.1, 0.15) is 0 Å². The van der Waals surface area contributed by atoms with Gasteiger partial charge in [0.2, 0.25) is 0 Å². The lowest BCUT2D eigenvalue weighted by molar-refractivity contribution is -0.0149. The lowest BCUT2D eigenvalue weighted by atomic mass is 10.1. The number of benzene rings is 1. The number of hydrogen-bond acceptors (Lipinski definition) is 2. The smallest absolute Gasteiger partial charge is 0.0724 e. The predicted molar refractivity (Wildman–Crippen MR) is 69.7 cm³/mol. The minimum absolute atomic E-state index is 0.0745. The van der Waals surface area contributed by atoms with Crippen molar-refractivity contribution in [2.75, 3.05) is 5.32 Å². The summed E-state index contributed by atoms with van der Waals surface area (Å²) in [6.07, 6.45) is 0. The van der Waals surface area contributed by atoms with Crippen LogP contribution in [0.25, 0.3) is 0 Å². The van der Waals surface area contributed by atoms with E-state index in [2.05, 4.69) is 64.2 Å². The third-order valence-corrected chi connectivity index (χ3v) is 2.08. The minimum Gasteiger partial charge on any atom is -0.383 e. The molecule has 0 fully saturated rings. The summed E-state index contributed by atoms with van der Waals surface area (Å²) >= 11 is 0. The van der Waals surface area contributed by atoms with Gasteiger partial charge in [-0.1, -0.05) is 12.1 Å². The standard InChI is InChI=1S/C14H23NO/c1-11(2)15-13-8-6-12(7-9-13)10-16-14(3,4)5/h6-9,11,15H,10H2,1-5H3. The van der Waals surface area contributed by atoms with Crippen molar-refractivity contribution in [3.63, 3.8) is 0 Å². The van der Waals surface area contributed by atoms with Gasteiger partial charge in [-0.3, -0.25) is 0 Å². The second kappa shape index (κ2) is 5.35. The molecule has 0 aromatic heterocycles. The highest BCUT2D eigenvalue weighted by atomic mass is 16.5. The van der Waals surface area contributed by atoms with Crippen LogP contribution in [0.4, 0.5) is 5.69 Å². The second-order valence-corrected chi connectivity index (χ2v) is 5.40. The second-order valence-electron chi connectivity index (χ2n) is 5.40. The van der Waals surface area contributed by atoms with Crippen molar-refractivity contribution in [1.82, 2.24) is 0 Å². The third-order valence-electron chi connectivity index (χ3n) is 2.08. The first-order chi connectivity index (χ1) is 7.37. The van der Waals surface area contributed by atoms with Gasteiger partial charge in [-0.15, -0.1) is 0 Å². The topological polar surface area (TPSA) is 21.3 Å². The summed E-state index contributed by atoms with van der Waals surface area (Å²) in [5, 5.41) is 3.36. The van der Waals surface area contributed by atoms with Gasteiger partial charge in [0.15, 0.2) is 0 Å². The molecule has 0 aliphatic carbocycles. The first kappa shape index (κ1) is 13.0. The molecular weight excluding hydrogens is 198 g/mol. The van der Waals surface area contributed by atoms with Crippen molar-refractivity contribution in [3.8, 4) is 0 Å². The van der Waals surface area contributed by atoms with E-state index < -0.39 is 0 Å². The van der Waals surface area contributed by atoms with Gasteiger partial charge in [-0.05, 0) is 52.3 Å². The fourth-order valence-corrected chi connectivity index (χ4v) is 1.33. The van der Waals surface area contributed by atoms with Gasteiger partial charge in [-0.25, -0.2) is 0 Å². The zero-order chi connectivity index (χ0) is 12.2. The molecule has 0 bridgehead atoms. The van der Waals surface area contributed by atoms with E-state index in [1.807, 2.05) is 0 Å². The molecule has 2 heteroatoms. The Labute approximate surface area is 99.0 Å². The summed E-state index contributed by atoms with van der Waals surface area (Å²) in [5.41, 5.74) is 2.30. The number of hydrogen-bond donors (Lipinski definition) is 1. The Morgan fingerprint density at radius 3 is 2.12 bits per heavy atom. The Kier molecular flexibility index (Phi) is 4.36. The van der Waals surface area contributed by atoms with Crippen LogP contribution < -0.4 is 5.32 Å². The Morgan fingerprint density at radius 1 is 1.12 bits per heavy atom. The SMILES string of the molecule is CC(C)Nc1ccc(COC(C)(C)C)cc1. The lowest BCUT2D eigenvalue weighted by Gasteiger charge is -2.19. The average Bonchev–Trinajstić information content (AvgIpc) is 2.14. The van der Waals surface area contributed by atoms with Gasteiger partial charge in [0.25, 0.3) is 0 Å². The molecule has 90 valence electrons. The quantitative estimate of drug-likeness (QED) is 0.834. The molecule has 1 N–H and O–H groups in total. The summed E-state index contributed by atoms with van der Waals surface area (Å²) in [6, 6.07) is 8.88. The fraction of sp³-hybridized carbons (Fsp3) is 0.571. The van der Waals surface area contributed by atoms with Crippen molar-refractivity contribution in [3.05, 3.63) is 29.8 Å². The van der Waals surface area contributed by atoms with E-state index in [9.17, 15) is 0 Å². The highest BCUT2D eigenvalue weighted by Crippen LogP contribution is 2.14. The number of rotatable bonds is 4. The maximum Gasteiger partial charge on any atom is 0.0724 e. The van der Waals surface area contributed by atoms with Crippen LogP contribution in [0, 0.1) is 0 Å². The van der Waals surface area contributed by atoms with Crippen LogP contribution >= 0.6 is 0 Å². The first-order valence-electron chi connectivity index (χ1n) is 5.86. The summed E-state index contributed by atoms with van der Waals surface area (Å²) < 4.78 is 5.72.